The number of carbonyl (C=O) groups excluding carboxylic acids is 1. The summed E-state index contributed by atoms with van der Waals surface area (Å²) in [5, 5.41) is 8.12. The predicted octanol–water partition coefficient (Wildman–Crippen LogP) is 5.02. The van der Waals surface area contributed by atoms with Crippen LogP contribution >= 0.6 is 11.6 Å². The maximum absolute atomic E-state index is 13.6. The fourth-order valence-corrected chi connectivity index (χ4v) is 2.17. The molecule has 0 aliphatic heterocycles. The van der Waals surface area contributed by atoms with Crippen LogP contribution in [0.4, 0.5) is 13.2 Å². The molecule has 25 heavy (non-hydrogen) atoms. The third-order valence-corrected chi connectivity index (χ3v) is 3.60. The zero-order chi connectivity index (χ0) is 18.6. The molecule has 0 amide bonds. The van der Waals surface area contributed by atoms with E-state index < -0.39 is 17.5 Å². The van der Waals surface area contributed by atoms with Crippen LogP contribution in [0.2, 0.25) is 5.02 Å². The Balaban J connectivity index is 2.15. The second kappa shape index (κ2) is 8.07. The summed E-state index contributed by atoms with van der Waals surface area (Å²) in [6.07, 6.45) is -0.191. The highest BCUT2D eigenvalue weighted by atomic mass is 35.5. The van der Waals surface area contributed by atoms with Crippen LogP contribution in [0.15, 0.2) is 46.6 Å². The van der Waals surface area contributed by atoms with E-state index in [1.165, 1.54) is 13.8 Å². The van der Waals surface area contributed by atoms with Crippen LogP contribution in [0.1, 0.15) is 29.8 Å². The molecular weight excluding hydrogens is 353 g/mol. The first-order valence-electron chi connectivity index (χ1n) is 7.29. The van der Waals surface area contributed by atoms with E-state index in [0.29, 0.717) is 22.7 Å². The van der Waals surface area contributed by atoms with Crippen LogP contribution < -0.4 is 0 Å². The van der Waals surface area contributed by atoms with Crippen LogP contribution in [0.25, 0.3) is 0 Å². The van der Waals surface area contributed by atoms with Gasteiger partial charge in [-0.15, -0.1) is 0 Å². The van der Waals surface area contributed by atoms with Crippen LogP contribution in [0.5, 0.6) is 0 Å². The maximum Gasteiger partial charge on any atom is 0.208 e. The number of rotatable bonds is 5. The molecule has 0 atom stereocenters. The molecule has 2 aromatic rings. The first kappa shape index (κ1) is 18.9. The van der Waals surface area contributed by atoms with Crippen molar-refractivity contribution in [2.75, 3.05) is 0 Å². The number of hydrogen-bond donors (Lipinski definition) is 0. The molecule has 0 heterocycles. The summed E-state index contributed by atoms with van der Waals surface area (Å²) in [7, 11) is 0. The summed E-state index contributed by atoms with van der Waals surface area (Å²) in [5.41, 5.74) is 0.475. The molecule has 2 aromatic carbocycles. The molecule has 0 aliphatic rings. The number of Topliss-reactive ketones (excluding diaryl/α,β-unsaturated/α-hetero) is 1. The van der Waals surface area contributed by atoms with E-state index in [9.17, 15) is 18.0 Å². The van der Waals surface area contributed by atoms with E-state index in [1.807, 2.05) is 0 Å². The van der Waals surface area contributed by atoms with Gasteiger partial charge in [0, 0.05) is 40.4 Å². The van der Waals surface area contributed by atoms with Gasteiger partial charge < -0.3 is 0 Å². The predicted molar refractivity (Wildman–Crippen MR) is 92.0 cm³/mol. The molecule has 0 spiro atoms. The molecule has 130 valence electrons. The monoisotopic (exact) mass is 366 g/mol. The minimum absolute atomic E-state index is 0.113. The van der Waals surface area contributed by atoms with Crippen molar-refractivity contribution in [1.82, 2.24) is 0 Å². The van der Waals surface area contributed by atoms with E-state index in [-0.39, 0.29) is 29.2 Å². The fraction of sp³-hybridized carbons (Fsp3) is 0.167. The summed E-state index contributed by atoms with van der Waals surface area (Å²) in [5.74, 6) is -3.32. The first-order valence-corrected chi connectivity index (χ1v) is 7.67. The Hall–Kier alpha value is -2.47. The summed E-state index contributed by atoms with van der Waals surface area (Å²) >= 11 is 5.76. The summed E-state index contributed by atoms with van der Waals surface area (Å²) < 4.78 is 40.1. The molecule has 0 aromatic heterocycles. The summed E-state index contributed by atoms with van der Waals surface area (Å²) in [6, 6.07) is 7.48. The molecule has 2 rings (SSSR count). The molecule has 0 saturated heterocycles. The standard InChI is InChI=1S/C18H14ClF3N2O/c1-10(7-15-16(21)8-14(20)9-17(15)22)23-24-11(2)18(25)12-3-5-13(19)6-4-12/h3-6,8-9H,7H2,1-2H3/b23-10-,24-11-. The third kappa shape index (κ3) is 5.00. The van der Waals surface area contributed by atoms with Gasteiger partial charge in [0.15, 0.2) is 0 Å². The highest BCUT2D eigenvalue weighted by Gasteiger charge is 2.13. The average Bonchev–Trinajstić information content (AvgIpc) is 2.56. The van der Waals surface area contributed by atoms with Crippen molar-refractivity contribution in [1.29, 1.82) is 0 Å². The van der Waals surface area contributed by atoms with Crippen LogP contribution in [0.3, 0.4) is 0 Å². The van der Waals surface area contributed by atoms with Gasteiger partial charge in [0.05, 0.1) is 0 Å². The summed E-state index contributed by atoms with van der Waals surface area (Å²) in [6.45, 7) is 2.98. The van der Waals surface area contributed by atoms with Gasteiger partial charge in [0.2, 0.25) is 5.78 Å². The normalized spacial score (nSPS) is 12.4. The minimum atomic E-state index is -0.995. The lowest BCUT2D eigenvalue weighted by Crippen LogP contribution is -2.10. The largest absolute Gasteiger partial charge is 0.287 e. The van der Waals surface area contributed by atoms with E-state index in [4.69, 9.17) is 11.6 Å². The molecule has 0 N–H and O–H groups in total. The number of nitrogens with zero attached hydrogens (tertiary/aromatic N) is 2. The molecule has 7 heteroatoms. The lowest BCUT2D eigenvalue weighted by molar-refractivity contribution is 0.106. The zero-order valence-corrected chi connectivity index (χ0v) is 14.2. The molecule has 0 saturated carbocycles. The molecule has 0 unspecified atom stereocenters. The van der Waals surface area contributed by atoms with Gasteiger partial charge in [0.1, 0.15) is 23.2 Å². The maximum atomic E-state index is 13.6. The average molecular weight is 367 g/mol. The van der Waals surface area contributed by atoms with Crippen molar-refractivity contribution in [3.63, 3.8) is 0 Å². The van der Waals surface area contributed by atoms with Crippen molar-refractivity contribution in [3.05, 3.63) is 70.0 Å². The smallest absolute Gasteiger partial charge is 0.208 e. The van der Waals surface area contributed by atoms with Crippen molar-refractivity contribution in [2.45, 2.75) is 20.3 Å². The Kier molecular flexibility index (Phi) is 6.09. The van der Waals surface area contributed by atoms with Crippen LogP contribution in [0, 0.1) is 17.5 Å². The number of ketones is 1. The van der Waals surface area contributed by atoms with Crippen molar-refractivity contribution >= 4 is 28.8 Å². The van der Waals surface area contributed by atoms with Crippen molar-refractivity contribution < 1.29 is 18.0 Å². The van der Waals surface area contributed by atoms with Gasteiger partial charge in [-0.25, -0.2) is 13.2 Å². The number of halogens is 4. The molecule has 3 nitrogen and oxygen atoms in total. The first-order chi connectivity index (χ1) is 11.8. The molecule has 0 radical (unpaired) electrons. The van der Waals surface area contributed by atoms with Gasteiger partial charge in [-0.1, -0.05) is 11.6 Å². The highest BCUT2D eigenvalue weighted by Crippen LogP contribution is 2.16. The highest BCUT2D eigenvalue weighted by molar-refractivity contribution is 6.45. The van der Waals surface area contributed by atoms with Gasteiger partial charge in [0.25, 0.3) is 0 Å². The second-order valence-corrected chi connectivity index (χ2v) is 5.82. The molecular formula is C18H14ClF3N2O. The van der Waals surface area contributed by atoms with Gasteiger partial charge >= 0.3 is 0 Å². The molecule has 0 fully saturated rings. The number of hydrogen-bond acceptors (Lipinski definition) is 3. The van der Waals surface area contributed by atoms with Crippen molar-refractivity contribution in [3.8, 4) is 0 Å². The van der Waals surface area contributed by atoms with Gasteiger partial charge in [-0.05, 0) is 38.1 Å². The minimum Gasteiger partial charge on any atom is -0.287 e. The topological polar surface area (TPSA) is 41.8 Å². The Morgan fingerprint density at radius 2 is 1.56 bits per heavy atom. The Labute approximate surface area is 147 Å². The summed E-state index contributed by atoms with van der Waals surface area (Å²) in [4.78, 5) is 12.2. The number of carbonyl (C=O) groups is 1. The Morgan fingerprint density at radius 1 is 1.00 bits per heavy atom. The SMILES string of the molecule is C/C(Cc1c(F)cc(F)cc1F)=N/N=C(/C)C(=O)c1ccc(Cl)cc1. The second-order valence-electron chi connectivity index (χ2n) is 5.38. The van der Waals surface area contributed by atoms with Crippen LogP contribution in [-0.2, 0) is 6.42 Å². The van der Waals surface area contributed by atoms with Crippen molar-refractivity contribution in [2.24, 2.45) is 10.2 Å². The Bertz CT molecular complexity index is 838. The molecule has 0 aliphatic carbocycles. The van der Waals surface area contributed by atoms with E-state index in [2.05, 4.69) is 10.2 Å². The van der Waals surface area contributed by atoms with E-state index in [0.717, 1.165) is 0 Å². The van der Waals surface area contributed by atoms with Crippen LogP contribution in [-0.4, -0.2) is 17.2 Å². The Morgan fingerprint density at radius 3 is 2.12 bits per heavy atom. The third-order valence-electron chi connectivity index (χ3n) is 3.34. The molecule has 0 bridgehead atoms. The van der Waals surface area contributed by atoms with Gasteiger partial charge in [-0.3, -0.25) is 4.79 Å². The lowest BCUT2D eigenvalue weighted by atomic mass is 10.1. The van der Waals surface area contributed by atoms with Gasteiger partial charge in [-0.2, -0.15) is 10.2 Å². The fourth-order valence-electron chi connectivity index (χ4n) is 2.05. The zero-order valence-electron chi connectivity index (χ0n) is 13.5. The van der Waals surface area contributed by atoms with E-state index in [1.54, 1.807) is 24.3 Å². The lowest BCUT2D eigenvalue weighted by Gasteiger charge is -2.04. The number of benzene rings is 2. The van der Waals surface area contributed by atoms with E-state index >= 15 is 0 Å². The quantitative estimate of drug-likeness (QED) is 0.416.